The number of nitrogens with one attached hydrogen (secondary N) is 1. The van der Waals surface area contributed by atoms with Gasteiger partial charge < -0.3 is 15.0 Å². The van der Waals surface area contributed by atoms with Gasteiger partial charge in [0.2, 0.25) is 5.91 Å². The van der Waals surface area contributed by atoms with Gasteiger partial charge >= 0.3 is 0 Å². The van der Waals surface area contributed by atoms with E-state index in [0.29, 0.717) is 5.75 Å². The Kier molecular flexibility index (Phi) is 7.80. The molecule has 0 radical (unpaired) electrons. The van der Waals surface area contributed by atoms with Crippen LogP contribution in [-0.2, 0) is 4.79 Å². The maximum absolute atomic E-state index is 12.1. The van der Waals surface area contributed by atoms with Gasteiger partial charge in [0.05, 0.1) is 12.9 Å². The average molecular weight is 317 g/mol. The van der Waals surface area contributed by atoms with Crippen molar-refractivity contribution in [2.75, 3.05) is 39.0 Å². The molecule has 1 aromatic rings. The lowest BCUT2D eigenvalue weighted by Gasteiger charge is -2.19. The Morgan fingerprint density at radius 1 is 1.40 bits per heavy atom. The number of nitrogens with zero attached hydrogens (tertiary/aromatic N) is 1. The number of carbonyl (C=O) groups excluding carboxylic acids is 1. The Morgan fingerprint density at radius 2 is 2.25 bits per heavy atom. The lowest BCUT2D eigenvalue weighted by atomic mass is 10.3. The fraction of sp³-hybridized carbons (Fsp3) is 0.500. The third-order valence-corrected chi connectivity index (χ3v) is 4.07. The van der Waals surface area contributed by atoms with Gasteiger partial charge in [-0.05, 0) is 31.2 Å². The maximum atomic E-state index is 12.1. The molecule has 1 aliphatic heterocycles. The van der Waals surface area contributed by atoms with E-state index in [4.69, 9.17) is 4.74 Å². The van der Waals surface area contributed by atoms with Crippen molar-refractivity contribution in [1.82, 2.24) is 10.2 Å². The van der Waals surface area contributed by atoms with Crippen molar-refractivity contribution < 1.29 is 9.53 Å². The zero-order valence-electron chi connectivity index (χ0n) is 11.6. The van der Waals surface area contributed by atoms with Crippen molar-refractivity contribution in [3.05, 3.63) is 24.3 Å². The normalized spacial score (nSPS) is 15.2. The second kappa shape index (κ2) is 9.10. The van der Waals surface area contributed by atoms with Crippen LogP contribution in [0, 0.1) is 0 Å². The van der Waals surface area contributed by atoms with Gasteiger partial charge in [-0.2, -0.15) is 0 Å². The van der Waals surface area contributed by atoms with Gasteiger partial charge in [0.1, 0.15) is 5.75 Å². The molecule has 0 aliphatic carbocycles. The number of rotatable bonds is 4. The minimum atomic E-state index is 0. The molecule has 1 aliphatic rings. The molecule has 1 amide bonds. The van der Waals surface area contributed by atoms with Crippen LogP contribution in [0.4, 0.5) is 0 Å². The van der Waals surface area contributed by atoms with Gasteiger partial charge in [-0.15, -0.1) is 24.2 Å². The van der Waals surface area contributed by atoms with E-state index in [1.54, 1.807) is 18.9 Å². The van der Waals surface area contributed by atoms with Crippen LogP contribution in [0.5, 0.6) is 5.75 Å². The molecule has 1 fully saturated rings. The van der Waals surface area contributed by atoms with Crippen LogP contribution in [0.15, 0.2) is 29.2 Å². The van der Waals surface area contributed by atoms with Gasteiger partial charge in [-0.25, -0.2) is 0 Å². The molecular formula is C14H21ClN2O2S. The SMILES string of the molecule is COc1cccc(SCC(=O)N2CCCNCC2)c1.Cl. The minimum absolute atomic E-state index is 0. The lowest BCUT2D eigenvalue weighted by molar-refractivity contribution is -0.128. The molecule has 1 heterocycles. The molecule has 2 rings (SSSR count). The van der Waals surface area contributed by atoms with E-state index in [-0.39, 0.29) is 18.3 Å². The van der Waals surface area contributed by atoms with Crippen molar-refractivity contribution in [2.24, 2.45) is 0 Å². The van der Waals surface area contributed by atoms with E-state index in [0.717, 1.165) is 43.2 Å². The second-order valence-corrected chi connectivity index (χ2v) is 5.50. The fourth-order valence-electron chi connectivity index (χ4n) is 2.02. The number of halogens is 1. The molecule has 20 heavy (non-hydrogen) atoms. The summed E-state index contributed by atoms with van der Waals surface area (Å²) in [7, 11) is 1.65. The molecule has 0 unspecified atom stereocenters. The molecule has 0 bridgehead atoms. The van der Waals surface area contributed by atoms with E-state index >= 15 is 0 Å². The van der Waals surface area contributed by atoms with Crippen molar-refractivity contribution >= 4 is 30.1 Å². The van der Waals surface area contributed by atoms with Crippen molar-refractivity contribution in [3.8, 4) is 5.75 Å². The zero-order valence-corrected chi connectivity index (χ0v) is 13.3. The third kappa shape index (κ3) is 5.23. The molecule has 0 aromatic heterocycles. The summed E-state index contributed by atoms with van der Waals surface area (Å²) in [4.78, 5) is 15.1. The molecule has 0 saturated carbocycles. The summed E-state index contributed by atoms with van der Waals surface area (Å²) < 4.78 is 5.18. The van der Waals surface area contributed by atoms with Crippen molar-refractivity contribution in [2.45, 2.75) is 11.3 Å². The highest BCUT2D eigenvalue weighted by Gasteiger charge is 2.15. The van der Waals surface area contributed by atoms with E-state index in [1.165, 1.54) is 0 Å². The molecule has 1 aromatic carbocycles. The third-order valence-electron chi connectivity index (χ3n) is 3.10. The van der Waals surface area contributed by atoms with Crippen LogP contribution in [0.3, 0.4) is 0 Å². The quantitative estimate of drug-likeness (QED) is 0.863. The summed E-state index contributed by atoms with van der Waals surface area (Å²) >= 11 is 1.57. The van der Waals surface area contributed by atoms with Crippen LogP contribution in [0.1, 0.15) is 6.42 Å². The van der Waals surface area contributed by atoms with Gasteiger partial charge in [-0.1, -0.05) is 6.07 Å². The van der Waals surface area contributed by atoms with Crippen LogP contribution in [0.25, 0.3) is 0 Å². The number of amides is 1. The van der Waals surface area contributed by atoms with Gasteiger partial charge in [-0.3, -0.25) is 4.79 Å². The van der Waals surface area contributed by atoms with Gasteiger partial charge in [0, 0.05) is 24.5 Å². The summed E-state index contributed by atoms with van der Waals surface area (Å²) in [6, 6.07) is 7.82. The summed E-state index contributed by atoms with van der Waals surface area (Å²) in [5, 5.41) is 3.30. The van der Waals surface area contributed by atoms with Crippen LogP contribution < -0.4 is 10.1 Å². The highest BCUT2D eigenvalue weighted by atomic mass is 35.5. The Labute approximate surface area is 130 Å². The Hall–Kier alpha value is -0.910. The van der Waals surface area contributed by atoms with Gasteiger partial charge in [0.25, 0.3) is 0 Å². The highest BCUT2D eigenvalue weighted by molar-refractivity contribution is 8.00. The first-order chi connectivity index (χ1) is 9.29. The summed E-state index contributed by atoms with van der Waals surface area (Å²) in [6.45, 7) is 3.59. The molecule has 6 heteroatoms. The average Bonchev–Trinajstić information content (AvgIpc) is 2.74. The van der Waals surface area contributed by atoms with E-state index in [1.807, 2.05) is 29.2 Å². The monoisotopic (exact) mass is 316 g/mol. The summed E-state index contributed by atoms with van der Waals surface area (Å²) in [5.74, 6) is 1.54. The number of hydrogen-bond donors (Lipinski definition) is 1. The number of hydrogen-bond acceptors (Lipinski definition) is 4. The molecule has 1 N–H and O–H groups in total. The molecule has 0 spiro atoms. The van der Waals surface area contributed by atoms with E-state index in [9.17, 15) is 4.79 Å². The second-order valence-electron chi connectivity index (χ2n) is 4.45. The number of ether oxygens (including phenoxy) is 1. The number of carbonyl (C=O) groups is 1. The fourth-order valence-corrected chi connectivity index (χ4v) is 2.87. The molecular weight excluding hydrogens is 296 g/mol. The van der Waals surface area contributed by atoms with E-state index in [2.05, 4.69) is 5.32 Å². The first-order valence-electron chi connectivity index (χ1n) is 6.55. The van der Waals surface area contributed by atoms with Crippen molar-refractivity contribution in [1.29, 1.82) is 0 Å². The zero-order chi connectivity index (χ0) is 13.5. The number of thioether (sulfide) groups is 1. The topological polar surface area (TPSA) is 41.6 Å². The number of methoxy groups -OCH3 is 1. The maximum Gasteiger partial charge on any atom is 0.232 e. The molecule has 4 nitrogen and oxygen atoms in total. The first-order valence-corrected chi connectivity index (χ1v) is 7.53. The smallest absolute Gasteiger partial charge is 0.232 e. The van der Waals surface area contributed by atoms with Crippen LogP contribution in [-0.4, -0.2) is 49.8 Å². The predicted molar refractivity (Wildman–Crippen MR) is 85.0 cm³/mol. The Balaban J connectivity index is 0.00000200. The summed E-state index contributed by atoms with van der Waals surface area (Å²) in [5.41, 5.74) is 0. The highest BCUT2D eigenvalue weighted by Crippen LogP contribution is 2.23. The number of benzene rings is 1. The van der Waals surface area contributed by atoms with Crippen LogP contribution >= 0.6 is 24.2 Å². The van der Waals surface area contributed by atoms with E-state index < -0.39 is 0 Å². The van der Waals surface area contributed by atoms with Gasteiger partial charge in [0.15, 0.2) is 0 Å². The van der Waals surface area contributed by atoms with Crippen molar-refractivity contribution in [3.63, 3.8) is 0 Å². The van der Waals surface area contributed by atoms with Crippen LogP contribution in [0.2, 0.25) is 0 Å². The molecule has 1 saturated heterocycles. The largest absolute Gasteiger partial charge is 0.497 e. The molecule has 112 valence electrons. The Bertz CT molecular complexity index is 423. The molecule has 0 atom stereocenters. The standard InChI is InChI=1S/C14H20N2O2S.ClH/c1-18-12-4-2-5-13(10-12)19-11-14(17)16-8-3-6-15-7-9-16;/h2,4-5,10,15H,3,6-9,11H2,1H3;1H. The first kappa shape index (κ1) is 17.1. The lowest BCUT2D eigenvalue weighted by Crippen LogP contribution is -2.35. The Morgan fingerprint density at radius 3 is 3.05 bits per heavy atom. The minimum Gasteiger partial charge on any atom is -0.497 e. The summed E-state index contributed by atoms with van der Waals surface area (Å²) in [6.07, 6.45) is 1.04. The predicted octanol–water partition coefficient (Wildman–Crippen LogP) is 2.03.